The largest absolute Gasteiger partial charge is 0.494 e. The first-order valence-corrected chi connectivity index (χ1v) is 7.33. The van der Waals surface area contributed by atoms with Crippen molar-refractivity contribution < 1.29 is 14.5 Å². The van der Waals surface area contributed by atoms with Crippen molar-refractivity contribution in [3.05, 3.63) is 63.7 Å². The maximum Gasteiger partial charge on any atom is 0.273 e. The average Bonchev–Trinajstić information content (AvgIpc) is 2.55. The smallest absolute Gasteiger partial charge is 0.273 e. The summed E-state index contributed by atoms with van der Waals surface area (Å²) in [6.07, 6.45) is 0. The molecular formula is C16H15N3O4S. The standard InChI is InChI=1S/C16H15N3O4S/c1-10-3-5-11(6-4-10)15(20)18-16(24)17-13-8-7-12(19(21)22)9-14(13)23-2/h3-9H,1-2H3,(H2,17,18,20,24). The van der Waals surface area contributed by atoms with Crippen LogP contribution in [0, 0.1) is 17.0 Å². The molecule has 0 radical (unpaired) electrons. The van der Waals surface area contributed by atoms with Crippen molar-refractivity contribution in [1.82, 2.24) is 5.32 Å². The first-order chi connectivity index (χ1) is 11.4. The second-order valence-corrected chi connectivity index (χ2v) is 5.32. The van der Waals surface area contributed by atoms with Crippen molar-refractivity contribution >= 4 is 34.6 Å². The number of nitro benzene ring substituents is 1. The minimum Gasteiger partial charge on any atom is -0.494 e. The van der Waals surface area contributed by atoms with Gasteiger partial charge in [0, 0.05) is 11.6 Å². The Balaban J connectivity index is 2.08. The number of nitro groups is 1. The number of carbonyl (C=O) groups is 1. The molecular weight excluding hydrogens is 330 g/mol. The van der Waals surface area contributed by atoms with Gasteiger partial charge < -0.3 is 10.1 Å². The molecule has 0 aliphatic rings. The van der Waals surface area contributed by atoms with E-state index in [0.717, 1.165) is 5.56 Å². The SMILES string of the molecule is COc1cc([N+](=O)[O-])ccc1NC(=S)NC(=O)c1ccc(C)cc1. The number of carbonyl (C=O) groups excluding carboxylic acids is 1. The molecule has 124 valence electrons. The van der Waals surface area contributed by atoms with Crippen LogP contribution in [0.25, 0.3) is 0 Å². The molecule has 7 nitrogen and oxygen atoms in total. The molecule has 0 unspecified atom stereocenters. The number of non-ortho nitro benzene ring substituents is 1. The van der Waals surface area contributed by atoms with Gasteiger partial charge in [-0.2, -0.15) is 0 Å². The van der Waals surface area contributed by atoms with Crippen LogP contribution < -0.4 is 15.4 Å². The van der Waals surface area contributed by atoms with Gasteiger partial charge in [0.25, 0.3) is 11.6 Å². The monoisotopic (exact) mass is 345 g/mol. The summed E-state index contributed by atoms with van der Waals surface area (Å²) in [6.45, 7) is 1.93. The third kappa shape index (κ3) is 4.26. The highest BCUT2D eigenvalue weighted by atomic mass is 32.1. The third-order valence-corrected chi connectivity index (χ3v) is 3.39. The predicted octanol–water partition coefficient (Wildman–Crippen LogP) is 3.04. The van der Waals surface area contributed by atoms with Crippen molar-refractivity contribution in [1.29, 1.82) is 0 Å². The van der Waals surface area contributed by atoms with Crippen molar-refractivity contribution in [3.8, 4) is 5.75 Å². The maximum atomic E-state index is 12.1. The van der Waals surface area contributed by atoms with Crippen LogP contribution in [0.2, 0.25) is 0 Å². The van der Waals surface area contributed by atoms with Crippen LogP contribution in [-0.2, 0) is 0 Å². The van der Waals surface area contributed by atoms with E-state index < -0.39 is 4.92 Å². The number of methoxy groups -OCH3 is 1. The Morgan fingerprint density at radius 3 is 2.46 bits per heavy atom. The minimum atomic E-state index is -0.524. The van der Waals surface area contributed by atoms with Gasteiger partial charge in [0.2, 0.25) is 0 Å². The fourth-order valence-corrected chi connectivity index (χ4v) is 2.13. The lowest BCUT2D eigenvalue weighted by molar-refractivity contribution is -0.384. The van der Waals surface area contributed by atoms with E-state index in [4.69, 9.17) is 17.0 Å². The molecule has 8 heteroatoms. The maximum absolute atomic E-state index is 12.1. The molecule has 0 saturated carbocycles. The van der Waals surface area contributed by atoms with Crippen LogP contribution in [0.4, 0.5) is 11.4 Å². The van der Waals surface area contributed by atoms with E-state index in [1.165, 1.54) is 25.3 Å². The molecule has 2 rings (SSSR count). The van der Waals surface area contributed by atoms with Crippen LogP contribution in [0.15, 0.2) is 42.5 Å². The van der Waals surface area contributed by atoms with E-state index in [2.05, 4.69) is 10.6 Å². The first kappa shape index (κ1) is 17.4. The Hall–Kier alpha value is -3.00. The van der Waals surface area contributed by atoms with E-state index in [-0.39, 0.29) is 22.5 Å². The average molecular weight is 345 g/mol. The Kier molecular flexibility index (Phi) is 5.43. The Morgan fingerprint density at radius 2 is 1.88 bits per heavy atom. The highest BCUT2D eigenvalue weighted by Crippen LogP contribution is 2.28. The normalized spacial score (nSPS) is 9.92. The van der Waals surface area contributed by atoms with Gasteiger partial charge in [-0.1, -0.05) is 17.7 Å². The van der Waals surface area contributed by atoms with Crippen LogP contribution in [0.3, 0.4) is 0 Å². The number of nitrogens with one attached hydrogen (secondary N) is 2. The van der Waals surface area contributed by atoms with Crippen molar-refractivity contribution in [2.24, 2.45) is 0 Å². The van der Waals surface area contributed by atoms with E-state index >= 15 is 0 Å². The molecule has 2 aromatic carbocycles. The number of hydrogen-bond acceptors (Lipinski definition) is 5. The molecule has 24 heavy (non-hydrogen) atoms. The Bertz CT molecular complexity index is 790. The summed E-state index contributed by atoms with van der Waals surface area (Å²) in [5.41, 5.74) is 1.83. The summed E-state index contributed by atoms with van der Waals surface area (Å²) in [7, 11) is 1.39. The Labute approximate surface area is 143 Å². The molecule has 0 atom stereocenters. The Morgan fingerprint density at radius 1 is 1.21 bits per heavy atom. The second kappa shape index (κ2) is 7.51. The number of nitrogens with zero attached hydrogens (tertiary/aromatic N) is 1. The van der Waals surface area contributed by atoms with Gasteiger partial charge in [0.15, 0.2) is 5.11 Å². The van der Waals surface area contributed by atoms with Crippen LogP contribution in [-0.4, -0.2) is 23.1 Å². The summed E-state index contributed by atoms with van der Waals surface area (Å²) in [5.74, 6) is -0.107. The van der Waals surface area contributed by atoms with Gasteiger partial charge in [0.1, 0.15) is 5.75 Å². The summed E-state index contributed by atoms with van der Waals surface area (Å²) in [6, 6.07) is 11.1. The molecule has 0 aromatic heterocycles. The quantitative estimate of drug-likeness (QED) is 0.502. The molecule has 0 aliphatic heterocycles. The predicted molar refractivity (Wildman–Crippen MR) is 94.5 cm³/mol. The number of thiocarbonyl (C=S) groups is 1. The summed E-state index contributed by atoms with van der Waals surface area (Å²) < 4.78 is 5.10. The van der Waals surface area contributed by atoms with Gasteiger partial charge in [-0.05, 0) is 37.3 Å². The van der Waals surface area contributed by atoms with Crippen LogP contribution >= 0.6 is 12.2 Å². The van der Waals surface area contributed by atoms with E-state index in [0.29, 0.717) is 11.3 Å². The third-order valence-electron chi connectivity index (χ3n) is 3.18. The summed E-state index contributed by atoms with van der Waals surface area (Å²) in [5, 5.41) is 16.2. The number of ether oxygens (including phenoxy) is 1. The van der Waals surface area contributed by atoms with Gasteiger partial charge in [-0.25, -0.2) is 0 Å². The molecule has 2 N–H and O–H groups in total. The van der Waals surface area contributed by atoms with Gasteiger partial charge >= 0.3 is 0 Å². The zero-order chi connectivity index (χ0) is 17.7. The zero-order valence-electron chi connectivity index (χ0n) is 13.0. The van der Waals surface area contributed by atoms with Crippen LogP contribution in [0.5, 0.6) is 5.75 Å². The second-order valence-electron chi connectivity index (χ2n) is 4.92. The molecule has 0 spiro atoms. The van der Waals surface area contributed by atoms with E-state index in [9.17, 15) is 14.9 Å². The number of amides is 1. The number of rotatable bonds is 4. The highest BCUT2D eigenvalue weighted by molar-refractivity contribution is 7.80. The topological polar surface area (TPSA) is 93.5 Å². The molecule has 0 bridgehead atoms. The fourth-order valence-electron chi connectivity index (χ4n) is 1.93. The number of benzene rings is 2. The first-order valence-electron chi connectivity index (χ1n) is 6.92. The van der Waals surface area contributed by atoms with Crippen molar-refractivity contribution in [3.63, 3.8) is 0 Å². The lowest BCUT2D eigenvalue weighted by atomic mass is 10.1. The van der Waals surface area contributed by atoms with E-state index in [1.54, 1.807) is 12.1 Å². The van der Waals surface area contributed by atoms with Crippen molar-refractivity contribution in [2.45, 2.75) is 6.92 Å². The van der Waals surface area contributed by atoms with E-state index in [1.807, 2.05) is 19.1 Å². The molecule has 0 heterocycles. The number of anilines is 1. The summed E-state index contributed by atoms with van der Waals surface area (Å²) in [4.78, 5) is 22.3. The lowest BCUT2D eigenvalue weighted by Crippen LogP contribution is -2.34. The zero-order valence-corrected chi connectivity index (χ0v) is 13.8. The number of hydrogen-bond donors (Lipinski definition) is 2. The van der Waals surface area contributed by atoms with Gasteiger partial charge in [0.05, 0.1) is 23.8 Å². The van der Waals surface area contributed by atoms with Crippen LogP contribution in [0.1, 0.15) is 15.9 Å². The fraction of sp³-hybridized carbons (Fsp3) is 0.125. The lowest BCUT2D eigenvalue weighted by Gasteiger charge is -2.12. The molecule has 0 aliphatic carbocycles. The van der Waals surface area contributed by atoms with Crippen molar-refractivity contribution in [2.75, 3.05) is 12.4 Å². The van der Waals surface area contributed by atoms with Gasteiger partial charge in [-0.3, -0.25) is 20.2 Å². The molecule has 0 saturated heterocycles. The molecule has 1 amide bonds. The number of aryl methyl sites for hydroxylation is 1. The van der Waals surface area contributed by atoms with Gasteiger partial charge in [-0.15, -0.1) is 0 Å². The molecule has 0 fully saturated rings. The molecule has 2 aromatic rings. The highest BCUT2D eigenvalue weighted by Gasteiger charge is 2.13. The summed E-state index contributed by atoms with van der Waals surface area (Å²) >= 11 is 5.10. The minimum absolute atomic E-state index is 0.0627.